The summed E-state index contributed by atoms with van der Waals surface area (Å²) >= 11 is 0. The van der Waals surface area contributed by atoms with Crippen molar-refractivity contribution in [2.45, 2.75) is 25.9 Å². The topological polar surface area (TPSA) is 45.7 Å². The van der Waals surface area contributed by atoms with E-state index in [1.54, 1.807) is 13.3 Å². The van der Waals surface area contributed by atoms with Gasteiger partial charge in [0.1, 0.15) is 5.75 Å². The quantitative estimate of drug-likeness (QED) is 0.831. The normalized spacial score (nSPS) is 23.1. The third kappa shape index (κ3) is 3.31. The van der Waals surface area contributed by atoms with Crippen molar-refractivity contribution in [3.8, 4) is 5.75 Å². The van der Waals surface area contributed by atoms with Crippen molar-refractivity contribution in [1.82, 2.24) is 14.8 Å². The Bertz CT molecular complexity index is 780. The Balaban J connectivity index is 1.40. The van der Waals surface area contributed by atoms with Crippen LogP contribution in [-0.2, 0) is 17.9 Å². The van der Waals surface area contributed by atoms with Gasteiger partial charge in [0.15, 0.2) is 0 Å². The average molecular weight is 351 g/mol. The summed E-state index contributed by atoms with van der Waals surface area (Å²) in [5.74, 6) is 1.15. The van der Waals surface area contributed by atoms with Crippen molar-refractivity contribution < 1.29 is 9.53 Å². The van der Waals surface area contributed by atoms with Gasteiger partial charge in [0.25, 0.3) is 0 Å². The molecule has 0 radical (unpaired) electrons. The zero-order valence-corrected chi connectivity index (χ0v) is 15.2. The predicted octanol–water partition coefficient (Wildman–Crippen LogP) is 2.71. The Hall–Kier alpha value is -2.40. The van der Waals surface area contributed by atoms with Crippen molar-refractivity contribution in [1.29, 1.82) is 0 Å². The number of hydrogen-bond acceptors (Lipinski definition) is 4. The second kappa shape index (κ2) is 7.08. The molecule has 0 bridgehead atoms. The zero-order chi connectivity index (χ0) is 18.0. The molecule has 5 nitrogen and oxygen atoms in total. The van der Waals surface area contributed by atoms with Crippen LogP contribution in [0, 0.1) is 5.41 Å². The van der Waals surface area contributed by atoms with Crippen LogP contribution in [0.4, 0.5) is 0 Å². The number of methoxy groups -OCH3 is 1. The molecule has 2 aliphatic rings. The highest BCUT2D eigenvalue weighted by atomic mass is 16.5. The van der Waals surface area contributed by atoms with Crippen LogP contribution in [0.3, 0.4) is 0 Å². The van der Waals surface area contributed by atoms with Crippen LogP contribution >= 0.6 is 0 Å². The predicted molar refractivity (Wildman–Crippen MR) is 99.6 cm³/mol. The summed E-state index contributed by atoms with van der Waals surface area (Å²) in [4.78, 5) is 21.7. The maximum absolute atomic E-state index is 13.1. The summed E-state index contributed by atoms with van der Waals surface area (Å²) in [6.07, 6.45) is 5.63. The highest BCUT2D eigenvalue weighted by Crippen LogP contribution is 2.41. The van der Waals surface area contributed by atoms with Gasteiger partial charge in [-0.3, -0.25) is 14.7 Å². The molecule has 1 atom stereocenters. The van der Waals surface area contributed by atoms with E-state index in [9.17, 15) is 4.79 Å². The van der Waals surface area contributed by atoms with Gasteiger partial charge in [-0.1, -0.05) is 18.2 Å². The Morgan fingerprint density at radius 3 is 2.77 bits per heavy atom. The highest BCUT2D eigenvalue weighted by molar-refractivity contribution is 5.85. The van der Waals surface area contributed by atoms with Crippen LogP contribution in [0.2, 0.25) is 0 Å². The molecule has 3 heterocycles. The second-order valence-corrected chi connectivity index (χ2v) is 7.43. The van der Waals surface area contributed by atoms with E-state index in [-0.39, 0.29) is 5.41 Å². The lowest BCUT2D eigenvalue weighted by atomic mass is 9.85. The van der Waals surface area contributed by atoms with E-state index in [1.807, 2.05) is 35.4 Å². The van der Waals surface area contributed by atoms with Crippen LogP contribution < -0.4 is 4.74 Å². The van der Waals surface area contributed by atoms with Crippen molar-refractivity contribution in [3.63, 3.8) is 0 Å². The standard InChI is InChI=1S/C21H25N3O2/c1-26-19-6-2-4-17(12-19)15-24-11-8-21(20(24)25)7-10-23(16-21)14-18-5-3-9-22-13-18/h2-6,9,12-13H,7-8,10-11,14-16H2,1H3. The molecular formula is C21H25N3O2. The van der Waals surface area contributed by atoms with Crippen LogP contribution in [0.15, 0.2) is 48.8 Å². The van der Waals surface area contributed by atoms with Gasteiger partial charge in [-0.05, 0) is 48.7 Å². The van der Waals surface area contributed by atoms with Gasteiger partial charge in [0, 0.05) is 38.6 Å². The molecule has 5 heteroatoms. The average Bonchev–Trinajstić information content (AvgIpc) is 3.22. The second-order valence-electron chi connectivity index (χ2n) is 7.43. The maximum Gasteiger partial charge on any atom is 0.230 e. The van der Waals surface area contributed by atoms with E-state index in [4.69, 9.17) is 4.74 Å². The number of likely N-dealkylation sites (tertiary alicyclic amines) is 2. The van der Waals surface area contributed by atoms with Crippen LogP contribution in [-0.4, -0.2) is 47.4 Å². The molecule has 1 spiro atoms. The summed E-state index contributed by atoms with van der Waals surface area (Å²) in [5.41, 5.74) is 2.14. The molecule has 1 unspecified atom stereocenters. The lowest BCUT2D eigenvalue weighted by Gasteiger charge is -2.24. The molecule has 1 aromatic heterocycles. The highest BCUT2D eigenvalue weighted by Gasteiger charge is 2.50. The van der Waals surface area contributed by atoms with Gasteiger partial charge in [-0.15, -0.1) is 0 Å². The van der Waals surface area contributed by atoms with E-state index in [0.29, 0.717) is 12.5 Å². The molecule has 2 fully saturated rings. The van der Waals surface area contributed by atoms with Gasteiger partial charge < -0.3 is 9.64 Å². The summed E-state index contributed by atoms with van der Waals surface area (Å²) in [7, 11) is 1.67. The van der Waals surface area contributed by atoms with E-state index in [2.05, 4.69) is 22.0 Å². The van der Waals surface area contributed by atoms with E-state index in [0.717, 1.165) is 50.3 Å². The van der Waals surface area contributed by atoms with Crippen molar-refractivity contribution in [2.75, 3.05) is 26.7 Å². The van der Waals surface area contributed by atoms with E-state index < -0.39 is 0 Å². The third-order valence-electron chi connectivity index (χ3n) is 5.67. The third-order valence-corrected chi connectivity index (χ3v) is 5.67. The number of pyridine rings is 1. The molecule has 26 heavy (non-hydrogen) atoms. The number of rotatable bonds is 5. The van der Waals surface area contributed by atoms with Crippen molar-refractivity contribution >= 4 is 5.91 Å². The molecule has 2 aliphatic heterocycles. The minimum absolute atomic E-state index is 0.193. The van der Waals surface area contributed by atoms with Crippen molar-refractivity contribution in [2.24, 2.45) is 5.41 Å². The zero-order valence-electron chi connectivity index (χ0n) is 15.2. The van der Waals surface area contributed by atoms with Gasteiger partial charge in [-0.25, -0.2) is 0 Å². The minimum atomic E-state index is -0.193. The molecule has 4 rings (SSSR count). The SMILES string of the molecule is COc1cccc(CN2CCC3(CCN(Cc4cccnc4)C3)C2=O)c1. The molecule has 0 N–H and O–H groups in total. The maximum atomic E-state index is 13.1. The smallest absolute Gasteiger partial charge is 0.230 e. The lowest BCUT2D eigenvalue weighted by molar-refractivity contribution is -0.136. The largest absolute Gasteiger partial charge is 0.497 e. The van der Waals surface area contributed by atoms with Crippen LogP contribution in [0.1, 0.15) is 24.0 Å². The van der Waals surface area contributed by atoms with Gasteiger partial charge in [0.05, 0.1) is 12.5 Å². The van der Waals surface area contributed by atoms with Gasteiger partial charge in [-0.2, -0.15) is 0 Å². The molecule has 136 valence electrons. The number of hydrogen-bond donors (Lipinski definition) is 0. The first-order valence-corrected chi connectivity index (χ1v) is 9.22. The number of amides is 1. The fourth-order valence-corrected chi connectivity index (χ4v) is 4.26. The summed E-state index contributed by atoms with van der Waals surface area (Å²) in [6.45, 7) is 4.22. The Labute approximate surface area is 154 Å². The molecule has 2 saturated heterocycles. The van der Waals surface area contributed by atoms with E-state index >= 15 is 0 Å². The fraction of sp³-hybridized carbons (Fsp3) is 0.429. The van der Waals surface area contributed by atoms with E-state index in [1.165, 1.54) is 5.56 Å². The number of benzene rings is 1. The summed E-state index contributed by atoms with van der Waals surface area (Å²) in [6, 6.07) is 12.1. The number of aromatic nitrogens is 1. The molecule has 1 amide bonds. The molecule has 1 aromatic carbocycles. The molecule has 0 saturated carbocycles. The number of nitrogens with zero attached hydrogens (tertiary/aromatic N) is 3. The first-order chi connectivity index (χ1) is 12.7. The first-order valence-electron chi connectivity index (χ1n) is 9.22. The van der Waals surface area contributed by atoms with Gasteiger partial charge >= 0.3 is 0 Å². The fourth-order valence-electron chi connectivity index (χ4n) is 4.26. The van der Waals surface area contributed by atoms with Crippen LogP contribution in [0.5, 0.6) is 5.75 Å². The lowest BCUT2D eigenvalue weighted by Crippen LogP contribution is -2.36. The molecule has 2 aromatic rings. The Morgan fingerprint density at radius 2 is 1.96 bits per heavy atom. The molecule has 0 aliphatic carbocycles. The van der Waals surface area contributed by atoms with Gasteiger partial charge in [0.2, 0.25) is 5.91 Å². The number of ether oxygens (including phenoxy) is 1. The van der Waals surface area contributed by atoms with Crippen molar-refractivity contribution in [3.05, 3.63) is 59.9 Å². The number of carbonyl (C=O) groups excluding carboxylic acids is 1. The first kappa shape index (κ1) is 17.0. The Morgan fingerprint density at radius 1 is 1.12 bits per heavy atom. The monoisotopic (exact) mass is 351 g/mol. The van der Waals surface area contributed by atoms with Crippen LogP contribution in [0.25, 0.3) is 0 Å². The number of carbonyl (C=O) groups is 1. The minimum Gasteiger partial charge on any atom is -0.497 e. The summed E-state index contributed by atoms with van der Waals surface area (Å²) < 4.78 is 5.29. The Kier molecular flexibility index (Phi) is 4.64. The summed E-state index contributed by atoms with van der Waals surface area (Å²) in [5, 5.41) is 0. The molecular weight excluding hydrogens is 326 g/mol.